The van der Waals surface area contributed by atoms with Gasteiger partial charge >= 0.3 is 0 Å². The molecule has 1 heterocycles. The van der Waals surface area contributed by atoms with Crippen molar-refractivity contribution in [2.75, 3.05) is 6.61 Å². The third-order valence-electron chi connectivity index (χ3n) is 6.25. The van der Waals surface area contributed by atoms with Crippen LogP contribution in [0.15, 0.2) is 36.4 Å². The predicted molar refractivity (Wildman–Crippen MR) is 124 cm³/mol. The van der Waals surface area contributed by atoms with Crippen molar-refractivity contribution in [3.63, 3.8) is 0 Å². The number of aryl methyl sites for hydroxylation is 2. The average Bonchev–Trinajstić information content (AvgIpc) is 2.84. The number of benzene rings is 2. The molecule has 3 rings (SSSR count). The second kappa shape index (κ2) is 12.4. The summed E-state index contributed by atoms with van der Waals surface area (Å²) in [5, 5.41) is 78.2. The molecule has 0 spiro atoms. The summed E-state index contributed by atoms with van der Waals surface area (Å²) in [6, 6.07) is 9.20. The molecule has 0 radical (unpaired) electrons. The van der Waals surface area contributed by atoms with Crippen LogP contribution in [-0.2, 0) is 22.3 Å². The van der Waals surface area contributed by atoms with Gasteiger partial charge < -0.3 is 50.3 Å². The fourth-order valence-corrected chi connectivity index (χ4v) is 4.13. The lowest BCUT2D eigenvalue weighted by Crippen LogP contribution is -2.59. The van der Waals surface area contributed by atoms with Gasteiger partial charge in [-0.15, -0.1) is 0 Å². The Kier molecular flexibility index (Phi) is 9.55. The van der Waals surface area contributed by atoms with Crippen molar-refractivity contribution in [1.29, 1.82) is 0 Å². The number of rotatable bonds is 11. The molecule has 0 aromatic heterocycles. The van der Waals surface area contributed by atoms with E-state index in [4.69, 9.17) is 9.47 Å². The van der Waals surface area contributed by atoms with Crippen LogP contribution in [0.1, 0.15) is 36.8 Å². The Balaban J connectivity index is 1.62. The number of hydrogen-bond donors (Lipinski definition) is 8. The first kappa shape index (κ1) is 27.0. The van der Waals surface area contributed by atoms with Crippen molar-refractivity contribution in [3.05, 3.63) is 47.5 Å². The Morgan fingerprint density at radius 2 is 1.31 bits per heavy atom. The van der Waals surface area contributed by atoms with Gasteiger partial charge in [0.15, 0.2) is 29.3 Å². The van der Waals surface area contributed by atoms with Gasteiger partial charge in [-0.2, -0.15) is 0 Å². The summed E-state index contributed by atoms with van der Waals surface area (Å²) >= 11 is 0. The fourth-order valence-electron chi connectivity index (χ4n) is 4.13. The molecule has 35 heavy (non-hydrogen) atoms. The highest BCUT2D eigenvalue weighted by molar-refractivity contribution is 5.41. The maximum Gasteiger partial charge on any atom is 0.186 e. The van der Waals surface area contributed by atoms with E-state index in [-0.39, 0.29) is 23.0 Å². The standard InChI is InChI=1S/C25H34O10/c26-13-21-22(31)23(32)24(33)25(35-21)34-16(8-5-15-7-10-18(28)20(30)12-15)4-2-1-3-14-6-9-17(27)19(29)11-14/h6-7,9-12,16,21-33H,1-5,8,13H2/t16-,21-,22-,23+,24-,25-/m1/s1. The van der Waals surface area contributed by atoms with E-state index in [1.54, 1.807) is 12.1 Å². The molecule has 1 aliphatic rings. The highest BCUT2D eigenvalue weighted by Gasteiger charge is 2.44. The highest BCUT2D eigenvalue weighted by atomic mass is 16.7. The van der Waals surface area contributed by atoms with Crippen LogP contribution < -0.4 is 0 Å². The molecule has 0 bridgehead atoms. The molecule has 6 atom stereocenters. The number of unbranched alkanes of at least 4 members (excludes halogenated alkanes) is 1. The minimum Gasteiger partial charge on any atom is -0.504 e. The lowest BCUT2D eigenvalue weighted by Gasteiger charge is -2.41. The molecule has 2 aromatic rings. The van der Waals surface area contributed by atoms with Crippen LogP contribution in [0.5, 0.6) is 23.0 Å². The monoisotopic (exact) mass is 494 g/mol. The van der Waals surface area contributed by atoms with E-state index in [0.717, 1.165) is 17.5 Å². The third kappa shape index (κ3) is 7.20. The molecule has 0 saturated carbocycles. The maximum absolute atomic E-state index is 10.3. The number of phenols is 4. The fraction of sp³-hybridized carbons (Fsp3) is 0.520. The van der Waals surface area contributed by atoms with Gasteiger partial charge in [0.05, 0.1) is 12.7 Å². The van der Waals surface area contributed by atoms with Gasteiger partial charge in [0.2, 0.25) is 0 Å². The molecule has 194 valence electrons. The van der Waals surface area contributed by atoms with Gasteiger partial charge in [-0.05, 0) is 67.5 Å². The summed E-state index contributed by atoms with van der Waals surface area (Å²) in [7, 11) is 0. The molecule has 1 aliphatic heterocycles. The number of aliphatic hydroxyl groups excluding tert-OH is 4. The topological polar surface area (TPSA) is 180 Å². The molecular weight excluding hydrogens is 460 g/mol. The lowest BCUT2D eigenvalue weighted by atomic mass is 9.98. The smallest absolute Gasteiger partial charge is 0.186 e. The summed E-state index contributed by atoms with van der Waals surface area (Å²) in [5.41, 5.74) is 1.63. The van der Waals surface area contributed by atoms with Crippen molar-refractivity contribution >= 4 is 0 Å². The maximum atomic E-state index is 10.3. The summed E-state index contributed by atoms with van der Waals surface area (Å²) in [6.45, 7) is -0.554. The molecule has 1 fully saturated rings. The first-order valence-corrected chi connectivity index (χ1v) is 11.7. The Morgan fingerprint density at radius 1 is 0.714 bits per heavy atom. The van der Waals surface area contributed by atoms with Crippen LogP contribution in [0.3, 0.4) is 0 Å². The third-order valence-corrected chi connectivity index (χ3v) is 6.25. The summed E-state index contributed by atoms with van der Waals surface area (Å²) < 4.78 is 11.5. The largest absolute Gasteiger partial charge is 0.504 e. The summed E-state index contributed by atoms with van der Waals surface area (Å²) in [5.74, 6) is -0.806. The van der Waals surface area contributed by atoms with Gasteiger partial charge in [-0.1, -0.05) is 18.6 Å². The lowest BCUT2D eigenvalue weighted by molar-refractivity contribution is -0.312. The molecule has 0 unspecified atom stereocenters. The molecule has 0 aliphatic carbocycles. The van der Waals surface area contributed by atoms with Gasteiger partial charge in [-0.25, -0.2) is 0 Å². The SMILES string of the molecule is OC[C@H]1O[C@@H](O[C@H](CCCCc2ccc(O)c(O)c2)CCc2ccc(O)c(O)c2)[C@H](O)[C@@H](O)[C@@H]1O. The number of aromatic hydroxyl groups is 4. The van der Waals surface area contributed by atoms with E-state index in [1.165, 1.54) is 24.3 Å². The Bertz CT molecular complexity index is 950. The second-order valence-electron chi connectivity index (χ2n) is 8.89. The van der Waals surface area contributed by atoms with E-state index in [1.807, 2.05) is 0 Å². The molecule has 8 N–H and O–H groups in total. The molecule has 2 aromatic carbocycles. The van der Waals surface area contributed by atoms with E-state index < -0.39 is 43.4 Å². The van der Waals surface area contributed by atoms with Crippen molar-refractivity contribution in [1.82, 2.24) is 0 Å². The van der Waals surface area contributed by atoms with Crippen molar-refractivity contribution in [2.24, 2.45) is 0 Å². The first-order valence-electron chi connectivity index (χ1n) is 11.7. The van der Waals surface area contributed by atoms with Crippen LogP contribution >= 0.6 is 0 Å². The summed E-state index contributed by atoms with van der Waals surface area (Å²) in [6.07, 6.45) is -3.64. The molecule has 10 heteroatoms. The van der Waals surface area contributed by atoms with Gasteiger partial charge in [0.1, 0.15) is 24.4 Å². The molecule has 0 amide bonds. The van der Waals surface area contributed by atoms with E-state index in [2.05, 4.69) is 0 Å². The normalized spacial score (nSPS) is 25.4. The van der Waals surface area contributed by atoms with Crippen molar-refractivity contribution < 1.29 is 50.3 Å². The molecule has 10 nitrogen and oxygen atoms in total. The van der Waals surface area contributed by atoms with Gasteiger partial charge in [0, 0.05) is 0 Å². The Hall–Kier alpha value is -2.60. The van der Waals surface area contributed by atoms with Crippen molar-refractivity contribution in [3.8, 4) is 23.0 Å². The summed E-state index contributed by atoms with van der Waals surface area (Å²) in [4.78, 5) is 0. The Morgan fingerprint density at radius 3 is 1.89 bits per heavy atom. The van der Waals surface area contributed by atoms with Crippen LogP contribution in [0.2, 0.25) is 0 Å². The minimum absolute atomic E-state index is 0.177. The van der Waals surface area contributed by atoms with E-state index in [0.29, 0.717) is 32.1 Å². The average molecular weight is 495 g/mol. The molecule has 1 saturated heterocycles. The number of phenolic OH excluding ortho intramolecular Hbond substituents is 4. The number of hydrogen-bond acceptors (Lipinski definition) is 10. The predicted octanol–water partition coefficient (Wildman–Crippen LogP) is 1.04. The number of aliphatic hydroxyl groups is 4. The highest BCUT2D eigenvalue weighted by Crippen LogP contribution is 2.29. The molecular formula is C25H34O10. The van der Waals surface area contributed by atoms with Crippen molar-refractivity contribution in [2.45, 2.75) is 75.3 Å². The quantitative estimate of drug-likeness (QED) is 0.166. The second-order valence-corrected chi connectivity index (χ2v) is 8.89. The van der Waals surface area contributed by atoms with Crippen LogP contribution in [0.25, 0.3) is 0 Å². The van der Waals surface area contributed by atoms with Crippen LogP contribution in [0, 0.1) is 0 Å². The van der Waals surface area contributed by atoms with E-state index >= 15 is 0 Å². The van der Waals surface area contributed by atoms with Crippen LogP contribution in [0.4, 0.5) is 0 Å². The zero-order valence-corrected chi connectivity index (χ0v) is 19.3. The Labute approximate surface area is 203 Å². The van der Waals surface area contributed by atoms with Gasteiger partial charge in [0.25, 0.3) is 0 Å². The number of ether oxygens (including phenoxy) is 2. The zero-order chi connectivity index (χ0) is 25.5. The van der Waals surface area contributed by atoms with E-state index in [9.17, 15) is 40.9 Å². The minimum atomic E-state index is -1.54. The zero-order valence-electron chi connectivity index (χ0n) is 19.3. The van der Waals surface area contributed by atoms with Crippen LogP contribution in [-0.4, -0.2) is 84.3 Å². The van der Waals surface area contributed by atoms with Gasteiger partial charge in [-0.3, -0.25) is 0 Å². The first-order chi connectivity index (χ1) is 16.7.